The smallest absolute Gasteiger partial charge is 0.220 e. The van der Waals surface area contributed by atoms with Gasteiger partial charge in [-0.2, -0.15) is 0 Å². The zero-order valence-corrected chi connectivity index (χ0v) is 14.3. The Morgan fingerprint density at radius 3 is 2.17 bits per heavy atom. The van der Waals surface area contributed by atoms with E-state index in [0.29, 0.717) is 24.4 Å². The fourth-order valence-corrected chi connectivity index (χ4v) is 3.20. The first-order chi connectivity index (χ1) is 11.2. The predicted octanol–water partition coefficient (Wildman–Crippen LogP) is 4.44. The highest BCUT2D eigenvalue weighted by Crippen LogP contribution is 2.17. The molecule has 1 aromatic rings. The second-order valence-electron chi connectivity index (χ2n) is 6.58. The number of hydrogen-bond donors (Lipinski definition) is 1. The van der Waals surface area contributed by atoms with E-state index in [4.69, 9.17) is 0 Å². The molecule has 0 radical (unpaired) electrons. The molecular weight excluding hydrogens is 286 g/mol. The molecule has 0 aliphatic heterocycles. The standard InChI is InChI=1S/C20H29NO2/c1-2-16-10-12-17(13-11-16)19(22)14-15-20(23)21-18-8-6-4-3-5-7-9-18/h10-13,18H,2-9,14-15H2,1H3,(H,21,23). The van der Waals surface area contributed by atoms with Gasteiger partial charge in [0.1, 0.15) is 0 Å². The van der Waals surface area contributed by atoms with Gasteiger partial charge in [0.15, 0.2) is 5.78 Å². The number of benzene rings is 1. The van der Waals surface area contributed by atoms with Crippen molar-refractivity contribution in [2.75, 3.05) is 0 Å². The van der Waals surface area contributed by atoms with Crippen LogP contribution in [0.1, 0.15) is 80.6 Å². The molecule has 1 aromatic carbocycles. The quantitative estimate of drug-likeness (QED) is 0.789. The minimum atomic E-state index is 0.0223. The van der Waals surface area contributed by atoms with Crippen molar-refractivity contribution in [2.45, 2.75) is 77.2 Å². The average molecular weight is 315 g/mol. The highest BCUT2D eigenvalue weighted by atomic mass is 16.2. The van der Waals surface area contributed by atoms with Crippen molar-refractivity contribution in [3.8, 4) is 0 Å². The number of ketones is 1. The Labute approximate surface area is 139 Å². The average Bonchev–Trinajstić information content (AvgIpc) is 2.55. The van der Waals surface area contributed by atoms with Crippen molar-refractivity contribution in [1.82, 2.24) is 5.32 Å². The number of carbonyl (C=O) groups excluding carboxylic acids is 2. The van der Waals surface area contributed by atoms with Gasteiger partial charge < -0.3 is 5.32 Å². The number of carbonyl (C=O) groups is 2. The molecule has 1 aliphatic rings. The summed E-state index contributed by atoms with van der Waals surface area (Å²) in [5, 5.41) is 3.12. The summed E-state index contributed by atoms with van der Waals surface area (Å²) in [7, 11) is 0. The van der Waals surface area contributed by atoms with Gasteiger partial charge >= 0.3 is 0 Å². The van der Waals surface area contributed by atoms with Gasteiger partial charge in [-0.3, -0.25) is 9.59 Å². The Hall–Kier alpha value is -1.64. The molecule has 1 aliphatic carbocycles. The first-order valence-electron chi connectivity index (χ1n) is 9.10. The van der Waals surface area contributed by atoms with E-state index in [2.05, 4.69) is 12.2 Å². The molecule has 0 bridgehead atoms. The summed E-state index contributed by atoms with van der Waals surface area (Å²) in [4.78, 5) is 24.2. The summed E-state index contributed by atoms with van der Waals surface area (Å²) < 4.78 is 0. The first-order valence-corrected chi connectivity index (χ1v) is 9.10. The van der Waals surface area contributed by atoms with Crippen molar-refractivity contribution >= 4 is 11.7 Å². The molecule has 2 rings (SSSR count). The van der Waals surface area contributed by atoms with Gasteiger partial charge in [-0.25, -0.2) is 0 Å². The first kappa shape index (κ1) is 17.7. The summed E-state index contributed by atoms with van der Waals surface area (Å²) >= 11 is 0. The molecule has 1 fully saturated rings. The lowest BCUT2D eigenvalue weighted by Gasteiger charge is -2.21. The van der Waals surface area contributed by atoms with Crippen LogP contribution in [-0.2, 0) is 11.2 Å². The monoisotopic (exact) mass is 315 g/mol. The van der Waals surface area contributed by atoms with Crippen LogP contribution in [0.15, 0.2) is 24.3 Å². The van der Waals surface area contributed by atoms with E-state index in [9.17, 15) is 9.59 Å². The number of hydrogen-bond acceptors (Lipinski definition) is 2. The van der Waals surface area contributed by atoms with Crippen LogP contribution in [0.3, 0.4) is 0 Å². The van der Waals surface area contributed by atoms with E-state index in [1.807, 2.05) is 24.3 Å². The minimum Gasteiger partial charge on any atom is -0.353 e. The molecular formula is C20H29NO2. The van der Waals surface area contributed by atoms with Crippen LogP contribution < -0.4 is 5.32 Å². The lowest BCUT2D eigenvalue weighted by Crippen LogP contribution is -2.35. The molecule has 3 nitrogen and oxygen atoms in total. The molecule has 0 unspecified atom stereocenters. The van der Waals surface area contributed by atoms with Gasteiger partial charge in [0.25, 0.3) is 0 Å². The SMILES string of the molecule is CCc1ccc(C(=O)CCC(=O)NC2CCCCCCC2)cc1. The fourth-order valence-electron chi connectivity index (χ4n) is 3.20. The molecule has 23 heavy (non-hydrogen) atoms. The molecule has 0 atom stereocenters. The predicted molar refractivity (Wildman–Crippen MR) is 93.6 cm³/mol. The molecule has 0 spiro atoms. The van der Waals surface area contributed by atoms with Crippen LogP contribution in [0.4, 0.5) is 0 Å². The van der Waals surface area contributed by atoms with Crippen molar-refractivity contribution < 1.29 is 9.59 Å². The molecule has 1 N–H and O–H groups in total. The van der Waals surface area contributed by atoms with E-state index >= 15 is 0 Å². The molecule has 3 heteroatoms. The van der Waals surface area contributed by atoms with Gasteiger partial charge in [-0.05, 0) is 24.8 Å². The third-order valence-electron chi connectivity index (χ3n) is 4.73. The molecule has 126 valence electrons. The van der Waals surface area contributed by atoms with Crippen molar-refractivity contribution in [1.29, 1.82) is 0 Å². The largest absolute Gasteiger partial charge is 0.353 e. The topological polar surface area (TPSA) is 46.2 Å². The van der Waals surface area contributed by atoms with E-state index in [1.165, 1.54) is 37.7 Å². The minimum absolute atomic E-state index is 0.0223. The second-order valence-corrected chi connectivity index (χ2v) is 6.58. The molecule has 0 saturated heterocycles. The number of rotatable bonds is 6. The van der Waals surface area contributed by atoms with Gasteiger partial charge in [0, 0.05) is 24.4 Å². The van der Waals surface area contributed by atoms with E-state index in [1.54, 1.807) is 0 Å². The number of nitrogens with one attached hydrogen (secondary N) is 1. The fraction of sp³-hybridized carbons (Fsp3) is 0.600. The summed E-state index contributed by atoms with van der Waals surface area (Å²) in [6, 6.07) is 8.02. The Morgan fingerprint density at radius 1 is 0.957 bits per heavy atom. The Morgan fingerprint density at radius 2 is 1.57 bits per heavy atom. The Balaban J connectivity index is 1.75. The lowest BCUT2D eigenvalue weighted by atomic mass is 9.96. The maximum absolute atomic E-state index is 12.2. The zero-order chi connectivity index (χ0) is 16.5. The van der Waals surface area contributed by atoms with Gasteiger partial charge in [0.05, 0.1) is 0 Å². The van der Waals surface area contributed by atoms with Gasteiger partial charge in [-0.15, -0.1) is 0 Å². The summed E-state index contributed by atoms with van der Waals surface area (Å²) in [6.07, 6.45) is 10.0. The van der Waals surface area contributed by atoms with Crippen LogP contribution in [-0.4, -0.2) is 17.7 Å². The number of amides is 1. The van der Waals surface area contributed by atoms with Crippen molar-refractivity contribution in [3.05, 3.63) is 35.4 Å². The highest BCUT2D eigenvalue weighted by molar-refractivity contribution is 5.97. The molecule has 1 amide bonds. The van der Waals surface area contributed by atoms with Crippen LogP contribution in [0.25, 0.3) is 0 Å². The maximum atomic E-state index is 12.2. The van der Waals surface area contributed by atoms with Crippen LogP contribution in [0.2, 0.25) is 0 Å². The van der Waals surface area contributed by atoms with Crippen molar-refractivity contribution in [2.24, 2.45) is 0 Å². The third kappa shape index (κ3) is 6.17. The highest BCUT2D eigenvalue weighted by Gasteiger charge is 2.15. The van der Waals surface area contributed by atoms with Crippen molar-refractivity contribution in [3.63, 3.8) is 0 Å². The normalized spacial score (nSPS) is 16.4. The van der Waals surface area contributed by atoms with Gasteiger partial charge in [-0.1, -0.05) is 63.3 Å². The molecule has 0 heterocycles. The van der Waals surface area contributed by atoms with Gasteiger partial charge in [0.2, 0.25) is 5.91 Å². The van der Waals surface area contributed by atoms with E-state index in [0.717, 1.165) is 19.3 Å². The molecule has 0 aromatic heterocycles. The Kier molecular flexibility index (Phi) is 7.31. The van der Waals surface area contributed by atoms with Crippen LogP contribution in [0.5, 0.6) is 0 Å². The third-order valence-corrected chi connectivity index (χ3v) is 4.73. The zero-order valence-electron chi connectivity index (χ0n) is 14.3. The maximum Gasteiger partial charge on any atom is 0.220 e. The van der Waals surface area contributed by atoms with E-state index in [-0.39, 0.29) is 11.7 Å². The number of aryl methyl sites for hydroxylation is 1. The second kappa shape index (κ2) is 9.49. The Bertz CT molecular complexity index is 499. The number of Topliss-reactive ketones (excluding diaryl/α,β-unsaturated/α-hetero) is 1. The summed E-state index contributed by atoms with van der Waals surface area (Å²) in [5.74, 6) is 0.0783. The summed E-state index contributed by atoms with van der Waals surface area (Å²) in [5.41, 5.74) is 1.93. The van der Waals surface area contributed by atoms with E-state index < -0.39 is 0 Å². The summed E-state index contributed by atoms with van der Waals surface area (Å²) in [6.45, 7) is 2.09. The lowest BCUT2D eigenvalue weighted by molar-refractivity contribution is -0.121. The molecule has 1 saturated carbocycles. The van der Waals surface area contributed by atoms with Crippen LogP contribution in [0, 0.1) is 0 Å². The van der Waals surface area contributed by atoms with Crippen LogP contribution >= 0.6 is 0 Å².